The van der Waals surface area contributed by atoms with Crippen molar-refractivity contribution in [2.75, 3.05) is 6.54 Å². The van der Waals surface area contributed by atoms with E-state index in [4.69, 9.17) is 4.42 Å². The number of fused-ring (bicyclic) bond motifs is 1. The SMILES string of the molecule is Cn1cnnc1-c1c(-c2ccccc2)ccc(F)c1-c1nc2cc(CNCC(O)C3CC3)cc(C(F)(F)F)c2o1. The van der Waals surface area contributed by atoms with E-state index in [-0.39, 0.29) is 36.0 Å². The van der Waals surface area contributed by atoms with E-state index in [2.05, 4.69) is 20.5 Å². The Balaban J connectivity index is 1.49. The minimum absolute atomic E-state index is 0.0576. The topological polar surface area (TPSA) is 89.0 Å². The lowest BCUT2D eigenvalue weighted by atomic mass is 9.94. The van der Waals surface area contributed by atoms with Crippen LogP contribution in [0.15, 0.2) is 65.3 Å². The highest BCUT2D eigenvalue weighted by Gasteiger charge is 2.36. The van der Waals surface area contributed by atoms with Gasteiger partial charge in [-0.05, 0) is 53.6 Å². The van der Waals surface area contributed by atoms with Gasteiger partial charge in [0.25, 0.3) is 0 Å². The van der Waals surface area contributed by atoms with Crippen LogP contribution in [0.4, 0.5) is 17.6 Å². The number of aliphatic hydroxyl groups is 1. The van der Waals surface area contributed by atoms with Crippen LogP contribution in [0.25, 0.3) is 45.1 Å². The number of aryl methyl sites for hydroxylation is 1. The molecule has 1 saturated carbocycles. The third-order valence-electron chi connectivity index (χ3n) is 7.09. The predicted molar refractivity (Wildman–Crippen MR) is 140 cm³/mol. The number of nitrogens with one attached hydrogen (secondary N) is 1. The number of aliphatic hydroxyl groups excluding tert-OH is 1. The molecule has 0 aliphatic heterocycles. The summed E-state index contributed by atoms with van der Waals surface area (Å²) in [5.41, 5.74) is 0.269. The number of hydrogen-bond acceptors (Lipinski definition) is 6. The van der Waals surface area contributed by atoms with Gasteiger partial charge in [-0.25, -0.2) is 9.37 Å². The first kappa shape index (κ1) is 26.1. The molecular weight excluding hydrogens is 526 g/mol. The first-order valence-corrected chi connectivity index (χ1v) is 12.8. The van der Waals surface area contributed by atoms with E-state index in [0.717, 1.165) is 24.5 Å². The van der Waals surface area contributed by atoms with Gasteiger partial charge in [-0.1, -0.05) is 36.4 Å². The fourth-order valence-electron chi connectivity index (χ4n) is 4.91. The van der Waals surface area contributed by atoms with Crippen molar-refractivity contribution in [2.45, 2.75) is 31.7 Å². The summed E-state index contributed by atoms with van der Waals surface area (Å²) in [7, 11) is 1.69. The summed E-state index contributed by atoms with van der Waals surface area (Å²) < 4.78 is 65.3. The normalized spacial score (nSPS) is 14.7. The van der Waals surface area contributed by atoms with Crippen LogP contribution >= 0.6 is 0 Å². The van der Waals surface area contributed by atoms with Crippen molar-refractivity contribution in [2.24, 2.45) is 13.0 Å². The standard InChI is InChI=1S/C29H25F4N5O2/c1-38-15-35-37-27(38)24-19(17-5-3-2-4-6-17)9-10-21(30)25(24)28-36-22-12-16(13-34-14-23(39)18-7-8-18)11-20(26(22)40-28)29(31,32)33/h2-6,9-12,15,18,23,34,39H,7-8,13-14H2,1H3. The molecule has 11 heteroatoms. The van der Waals surface area contributed by atoms with Gasteiger partial charge in [0, 0.05) is 25.7 Å². The van der Waals surface area contributed by atoms with Gasteiger partial charge in [0.15, 0.2) is 11.4 Å². The number of alkyl halides is 3. The molecule has 0 saturated heterocycles. The first-order chi connectivity index (χ1) is 19.2. The van der Waals surface area contributed by atoms with Crippen LogP contribution in [-0.4, -0.2) is 37.5 Å². The molecule has 3 aromatic carbocycles. The second kappa shape index (κ2) is 10.1. The Morgan fingerprint density at radius 2 is 1.88 bits per heavy atom. The average molecular weight is 552 g/mol. The number of hydrogen-bond donors (Lipinski definition) is 2. The number of nitrogens with zero attached hydrogens (tertiary/aromatic N) is 4. The van der Waals surface area contributed by atoms with E-state index in [1.807, 2.05) is 30.3 Å². The van der Waals surface area contributed by atoms with E-state index in [1.54, 1.807) is 17.7 Å². The summed E-state index contributed by atoms with van der Waals surface area (Å²) in [4.78, 5) is 4.35. The number of oxazole rings is 1. The fraction of sp³-hybridized carbons (Fsp3) is 0.276. The molecule has 6 rings (SSSR count). The molecule has 5 aromatic rings. The molecule has 1 atom stereocenters. The lowest BCUT2D eigenvalue weighted by Crippen LogP contribution is -2.27. The zero-order valence-electron chi connectivity index (χ0n) is 21.4. The number of rotatable bonds is 8. The predicted octanol–water partition coefficient (Wildman–Crippen LogP) is 5.98. The third kappa shape index (κ3) is 4.98. The van der Waals surface area contributed by atoms with Gasteiger partial charge in [0.05, 0.1) is 11.7 Å². The Labute approximate surface area is 226 Å². The maximum absolute atomic E-state index is 15.6. The Morgan fingerprint density at radius 1 is 1.10 bits per heavy atom. The second-order valence-electron chi connectivity index (χ2n) is 10.0. The monoisotopic (exact) mass is 551 g/mol. The van der Waals surface area contributed by atoms with Crippen molar-refractivity contribution in [3.05, 3.63) is 77.9 Å². The summed E-state index contributed by atoms with van der Waals surface area (Å²) in [5, 5.41) is 21.2. The number of halogens is 4. The van der Waals surface area contributed by atoms with Crippen LogP contribution in [0.1, 0.15) is 24.0 Å². The average Bonchev–Trinajstić information content (AvgIpc) is 3.57. The molecule has 2 aromatic heterocycles. The molecular formula is C29H25F4N5O2. The van der Waals surface area contributed by atoms with E-state index < -0.39 is 29.2 Å². The minimum Gasteiger partial charge on any atom is -0.435 e. The Morgan fingerprint density at radius 3 is 2.55 bits per heavy atom. The van der Waals surface area contributed by atoms with E-state index >= 15 is 4.39 Å². The van der Waals surface area contributed by atoms with Crippen LogP contribution in [0.3, 0.4) is 0 Å². The lowest BCUT2D eigenvalue weighted by Gasteiger charge is -2.14. The van der Waals surface area contributed by atoms with Gasteiger partial charge in [-0.3, -0.25) is 0 Å². The summed E-state index contributed by atoms with van der Waals surface area (Å²) in [5.74, 6) is -0.494. The molecule has 0 amide bonds. The molecule has 0 spiro atoms. The van der Waals surface area contributed by atoms with Gasteiger partial charge in [0.2, 0.25) is 5.89 Å². The summed E-state index contributed by atoms with van der Waals surface area (Å²) in [6.07, 6.45) is -1.93. The van der Waals surface area contributed by atoms with Crippen LogP contribution < -0.4 is 5.32 Å². The highest BCUT2D eigenvalue weighted by Crippen LogP contribution is 2.43. The van der Waals surface area contributed by atoms with Crippen molar-refractivity contribution in [3.8, 4) is 34.0 Å². The summed E-state index contributed by atoms with van der Waals surface area (Å²) in [6, 6.07) is 14.5. The van der Waals surface area contributed by atoms with Crippen molar-refractivity contribution >= 4 is 11.1 Å². The van der Waals surface area contributed by atoms with Crippen molar-refractivity contribution in [3.63, 3.8) is 0 Å². The molecule has 7 nitrogen and oxygen atoms in total. The lowest BCUT2D eigenvalue weighted by molar-refractivity contribution is -0.136. The maximum Gasteiger partial charge on any atom is 0.420 e. The number of benzene rings is 3. The number of aromatic nitrogens is 4. The van der Waals surface area contributed by atoms with E-state index in [1.165, 1.54) is 18.5 Å². The van der Waals surface area contributed by atoms with Gasteiger partial charge in [0.1, 0.15) is 23.2 Å². The molecule has 0 radical (unpaired) electrons. The summed E-state index contributed by atoms with van der Waals surface area (Å²) in [6.45, 7) is 0.361. The maximum atomic E-state index is 15.6. The molecule has 2 heterocycles. The van der Waals surface area contributed by atoms with Crippen molar-refractivity contribution < 1.29 is 27.1 Å². The molecule has 1 fully saturated rings. The quantitative estimate of drug-likeness (QED) is 0.231. The van der Waals surface area contributed by atoms with E-state index in [9.17, 15) is 18.3 Å². The second-order valence-corrected chi connectivity index (χ2v) is 10.0. The molecule has 1 aliphatic rings. The molecule has 206 valence electrons. The third-order valence-corrected chi connectivity index (χ3v) is 7.09. The minimum atomic E-state index is -4.74. The highest BCUT2D eigenvalue weighted by atomic mass is 19.4. The molecule has 2 N–H and O–H groups in total. The largest absolute Gasteiger partial charge is 0.435 e. The fourth-order valence-corrected chi connectivity index (χ4v) is 4.91. The smallest absolute Gasteiger partial charge is 0.420 e. The molecule has 0 bridgehead atoms. The van der Waals surface area contributed by atoms with Gasteiger partial charge >= 0.3 is 6.18 Å². The van der Waals surface area contributed by atoms with Crippen LogP contribution in [-0.2, 0) is 19.8 Å². The Bertz CT molecular complexity index is 1680. The zero-order chi connectivity index (χ0) is 28.0. The Kier molecular flexibility index (Phi) is 6.63. The molecule has 1 aliphatic carbocycles. The Hall–Kier alpha value is -4.09. The summed E-state index contributed by atoms with van der Waals surface area (Å²) >= 11 is 0. The first-order valence-electron chi connectivity index (χ1n) is 12.8. The van der Waals surface area contributed by atoms with Gasteiger partial charge < -0.3 is 19.4 Å². The zero-order valence-corrected chi connectivity index (χ0v) is 21.4. The van der Waals surface area contributed by atoms with E-state index in [0.29, 0.717) is 22.5 Å². The highest BCUT2D eigenvalue weighted by molar-refractivity contribution is 5.92. The van der Waals surface area contributed by atoms with Crippen LogP contribution in [0, 0.1) is 11.7 Å². The van der Waals surface area contributed by atoms with Gasteiger partial charge in [-0.15, -0.1) is 10.2 Å². The van der Waals surface area contributed by atoms with Crippen LogP contribution in [0.5, 0.6) is 0 Å². The molecule has 1 unspecified atom stereocenters. The van der Waals surface area contributed by atoms with Crippen LogP contribution in [0.2, 0.25) is 0 Å². The van der Waals surface area contributed by atoms with Gasteiger partial charge in [-0.2, -0.15) is 13.2 Å². The molecule has 40 heavy (non-hydrogen) atoms. The van der Waals surface area contributed by atoms with Crippen molar-refractivity contribution in [1.29, 1.82) is 0 Å². The van der Waals surface area contributed by atoms with Crippen molar-refractivity contribution in [1.82, 2.24) is 25.1 Å².